The molecule has 0 fully saturated rings. The third-order valence-corrected chi connectivity index (χ3v) is 5.55. The van der Waals surface area contributed by atoms with E-state index in [4.69, 9.17) is 0 Å². The average Bonchev–Trinajstić information content (AvgIpc) is 3.02. The summed E-state index contributed by atoms with van der Waals surface area (Å²) in [6.07, 6.45) is 4.53. The van der Waals surface area contributed by atoms with Crippen molar-refractivity contribution in [3.8, 4) is 0 Å². The summed E-state index contributed by atoms with van der Waals surface area (Å²) in [5.74, 6) is -0.00214. The van der Waals surface area contributed by atoms with Crippen LogP contribution in [0.15, 0.2) is 48.5 Å². The molecule has 2 heterocycles. The van der Waals surface area contributed by atoms with Crippen molar-refractivity contribution >= 4 is 22.5 Å². The highest BCUT2D eigenvalue weighted by molar-refractivity contribution is 5.94. The molecule has 1 aliphatic rings. The Bertz CT molecular complexity index is 954. The molecule has 1 aromatic heterocycles. The lowest BCUT2D eigenvalue weighted by Crippen LogP contribution is -2.26. The zero-order chi connectivity index (χ0) is 18.8. The molecule has 0 atom stereocenters. The highest BCUT2D eigenvalue weighted by Crippen LogP contribution is 2.30. The van der Waals surface area contributed by atoms with Crippen molar-refractivity contribution in [2.75, 3.05) is 25.5 Å². The number of rotatable bonds is 5. The lowest BCUT2D eigenvalue weighted by atomic mass is 10.0. The van der Waals surface area contributed by atoms with Crippen molar-refractivity contribution < 1.29 is 4.79 Å². The maximum Gasteiger partial charge on any atom is 0.251 e. The summed E-state index contributed by atoms with van der Waals surface area (Å²) in [7, 11) is 4.00. The number of carbonyl (C=O) groups is 1. The van der Waals surface area contributed by atoms with Gasteiger partial charge in [-0.25, -0.2) is 0 Å². The number of carbonyl (C=O) groups excluding carboxylic acids is 1. The molecule has 4 nitrogen and oxygen atoms in total. The second-order valence-electron chi connectivity index (χ2n) is 7.50. The molecule has 2 aromatic carbocycles. The van der Waals surface area contributed by atoms with Gasteiger partial charge in [-0.1, -0.05) is 18.2 Å². The lowest BCUT2D eigenvalue weighted by Gasteiger charge is -2.17. The molecular formula is C23H27N3O. The van der Waals surface area contributed by atoms with Gasteiger partial charge in [-0.3, -0.25) is 4.79 Å². The summed E-state index contributed by atoms with van der Waals surface area (Å²) < 4.78 is 2.48. The van der Waals surface area contributed by atoms with E-state index in [0.717, 1.165) is 25.1 Å². The third-order valence-electron chi connectivity index (χ3n) is 5.55. The van der Waals surface area contributed by atoms with Gasteiger partial charge in [-0.05, 0) is 61.6 Å². The van der Waals surface area contributed by atoms with E-state index in [2.05, 4.69) is 34.1 Å². The quantitative estimate of drug-likeness (QED) is 0.745. The van der Waals surface area contributed by atoms with Crippen LogP contribution in [0.1, 0.15) is 34.5 Å². The maximum atomic E-state index is 12.5. The van der Waals surface area contributed by atoms with Gasteiger partial charge in [-0.2, -0.15) is 0 Å². The average molecular weight is 361 g/mol. The van der Waals surface area contributed by atoms with Gasteiger partial charge in [0.05, 0.1) is 0 Å². The van der Waals surface area contributed by atoms with Crippen LogP contribution in [0.2, 0.25) is 0 Å². The monoisotopic (exact) mass is 361 g/mol. The number of nitrogens with one attached hydrogen (secondary N) is 1. The molecule has 27 heavy (non-hydrogen) atoms. The highest BCUT2D eigenvalue weighted by Gasteiger charge is 2.19. The lowest BCUT2D eigenvalue weighted by molar-refractivity contribution is 0.0954. The van der Waals surface area contributed by atoms with Gasteiger partial charge in [0.15, 0.2) is 0 Å². The molecule has 0 aliphatic carbocycles. The van der Waals surface area contributed by atoms with Gasteiger partial charge in [0.2, 0.25) is 0 Å². The number of para-hydroxylation sites is 1. The molecule has 0 saturated carbocycles. The van der Waals surface area contributed by atoms with E-state index < -0.39 is 0 Å². The second-order valence-corrected chi connectivity index (χ2v) is 7.50. The molecular weight excluding hydrogens is 334 g/mol. The van der Waals surface area contributed by atoms with Crippen LogP contribution in [-0.2, 0) is 19.4 Å². The standard InChI is InChI=1S/C23H27N3O/c1-25(2)18-12-10-17(11-13-18)23(27)24-15-14-20-19-7-3-4-8-21(19)26-16-6-5-9-22(20)26/h3-4,7-8,10-13H,5-6,9,14-16H2,1-2H3,(H,24,27). The molecule has 4 heteroatoms. The Morgan fingerprint density at radius 1 is 1.07 bits per heavy atom. The van der Waals surface area contributed by atoms with Gasteiger partial charge in [0, 0.05) is 55.0 Å². The SMILES string of the molecule is CN(C)c1ccc(C(=O)NCCc2c3n(c4ccccc24)CCCC3)cc1. The number of anilines is 1. The number of hydrogen-bond donors (Lipinski definition) is 1. The summed E-state index contributed by atoms with van der Waals surface area (Å²) in [5, 5.41) is 4.44. The van der Waals surface area contributed by atoms with Crippen LogP contribution in [0.5, 0.6) is 0 Å². The predicted molar refractivity (Wildman–Crippen MR) is 112 cm³/mol. The normalized spacial score (nSPS) is 13.4. The Morgan fingerprint density at radius 3 is 2.63 bits per heavy atom. The molecule has 1 N–H and O–H groups in total. The number of aromatic nitrogens is 1. The van der Waals surface area contributed by atoms with E-state index in [1.807, 2.05) is 43.3 Å². The van der Waals surface area contributed by atoms with Crippen LogP contribution in [-0.4, -0.2) is 31.1 Å². The minimum atomic E-state index is -0.00214. The Kier molecular flexibility index (Phi) is 4.88. The summed E-state index contributed by atoms with van der Waals surface area (Å²) in [6, 6.07) is 16.4. The fourth-order valence-electron chi connectivity index (χ4n) is 4.12. The smallest absolute Gasteiger partial charge is 0.251 e. The van der Waals surface area contributed by atoms with E-state index >= 15 is 0 Å². The second kappa shape index (κ2) is 7.47. The minimum Gasteiger partial charge on any atom is -0.378 e. The highest BCUT2D eigenvalue weighted by atomic mass is 16.1. The first-order valence-electron chi connectivity index (χ1n) is 9.79. The largest absolute Gasteiger partial charge is 0.378 e. The number of hydrogen-bond acceptors (Lipinski definition) is 2. The van der Waals surface area contributed by atoms with Gasteiger partial charge >= 0.3 is 0 Å². The van der Waals surface area contributed by atoms with E-state index in [9.17, 15) is 4.79 Å². The maximum absolute atomic E-state index is 12.5. The molecule has 4 rings (SSSR count). The topological polar surface area (TPSA) is 37.3 Å². The third kappa shape index (κ3) is 3.44. The summed E-state index contributed by atoms with van der Waals surface area (Å²) in [5.41, 5.74) is 6.02. The van der Waals surface area contributed by atoms with E-state index in [0.29, 0.717) is 12.1 Å². The zero-order valence-electron chi connectivity index (χ0n) is 16.2. The molecule has 3 aromatic rings. The first-order chi connectivity index (χ1) is 13.1. The molecule has 0 saturated heterocycles. The number of nitrogens with zero attached hydrogens (tertiary/aromatic N) is 2. The molecule has 0 bridgehead atoms. The zero-order valence-corrected chi connectivity index (χ0v) is 16.2. The van der Waals surface area contributed by atoms with Crippen molar-refractivity contribution in [3.63, 3.8) is 0 Å². The van der Waals surface area contributed by atoms with Crippen LogP contribution in [0.3, 0.4) is 0 Å². The van der Waals surface area contributed by atoms with Crippen LogP contribution in [0.25, 0.3) is 10.9 Å². The van der Waals surface area contributed by atoms with Crippen LogP contribution in [0, 0.1) is 0 Å². The van der Waals surface area contributed by atoms with E-state index in [-0.39, 0.29) is 5.91 Å². The summed E-state index contributed by atoms with van der Waals surface area (Å²) >= 11 is 0. The van der Waals surface area contributed by atoms with Crippen LogP contribution in [0.4, 0.5) is 5.69 Å². The first-order valence-corrected chi connectivity index (χ1v) is 9.79. The van der Waals surface area contributed by atoms with E-state index in [1.165, 1.54) is 35.0 Å². The first kappa shape index (κ1) is 17.7. The molecule has 1 amide bonds. The fourth-order valence-corrected chi connectivity index (χ4v) is 4.12. The van der Waals surface area contributed by atoms with Crippen molar-refractivity contribution in [2.45, 2.75) is 32.2 Å². The molecule has 0 radical (unpaired) electrons. The van der Waals surface area contributed by atoms with Crippen molar-refractivity contribution in [3.05, 3.63) is 65.4 Å². The Labute approximate surface area is 160 Å². The Hall–Kier alpha value is -2.75. The predicted octanol–water partition coefficient (Wildman–Crippen LogP) is 4.02. The summed E-state index contributed by atoms with van der Waals surface area (Å²) in [4.78, 5) is 14.5. The van der Waals surface area contributed by atoms with Crippen LogP contribution >= 0.6 is 0 Å². The Morgan fingerprint density at radius 2 is 1.85 bits per heavy atom. The van der Waals surface area contributed by atoms with E-state index in [1.54, 1.807) is 0 Å². The minimum absolute atomic E-state index is 0.00214. The Balaban J connectivity index is 1.47. The summed E-state index contributed by atoms with van der Waals surface area (Å²) in [6.45, 7) is 1.77. The van der Waals surface area contributed by atoms with Gasteiger partial charge in [0.25, 0.3) is 5.91 Å². The molecule has 0 unspecified atom stereocenters. The number of amides is 1. The van der Waals surface area contributed by atoms with Gasteiger partial charge < -0.3 is 14.8 Å². The van der Waals surface area contributed by atoms with Crippen molar-refractivity contribution in [2.24, 2.45) is 0 Å². The van der Waals surface area contributed by atoms with Crippen molar-refractivity contribution in [1.29, 1.82) is 0 Å². The molecule has 1 aliphatic heterocycles. The van der Waals surface area contributed by atoms with Crippen LogP contribution < -0.4 is 10.2 Å². The number of fused-ring (bicyclic) bond motifs is 3. The number of benzene rings is 2. The van der Waals surface area contributed by atoms with Gasteiger partial charge in [-0.15, -0.1) is 0 Å². The molecule has 140 valence electrons. The van der Waals surface area contributed by atoms with Crippen molar-refractivity contribution in [1.82, 2.24) is 9.88 Å². The number of aryl methyl sites for hydroxylation is 1. The van der Waals surface area contributed by atoms with Gasteiger partial charge in [0.1, 0.15) is 0 Å². The fraction of sp³-hybridized carbons (Fsp3) is 0.348. The molecule has 0 spiro atoms.